The van der Waals surface area contributed by atoms with Crippen LogP contribution in [0.5, 0.6) is 0 Å². The largest absolute Gasteiger partial charge is 0.355 e. The van der Waals surface area contributed by atoms with Gasteiger partial charge in [-0.25, -0.2) is 4.39 Å². The predicted octanol–water partition coefficient (Wildman–Crippen LogP) is 6.35. The van der Waals surface area contributed by atoms with Gasteiger partial charge in [-0.3, -0.25) is 14.8 Å². The van der Waals surface area contributed by atoms with Crippen LogP contribution in [-0.4, -0.2) is 22.0 Å². The number of rotatable bonds is 6. The molecule has 1 atom stereocenters. The van der Waals surface area contributed by atoms with Crippen molar-refractivity contribution in [1.82, 2.24) is 9.97 Å². The van der Waals surface area contributed by atoms with Crippen molar-refractivity contribution in [1.29, 1.82) is 0 Å². The number of amides is 1. The summed E-state index contributed by atoms with van der Waals surface area (Å²) in [6.45, 7) is 1.94. The zero-order valence-corrected chi connectivity index (χ0v) is 19.4. The number of pyridine rings is 2. The third-order valence-corrected chi connectivity index (χ3v) is 5.97. The highest BCUT2D eigenvalue weighted by Crippen LogP contribution is 2.30. The number of aromatic nitrogens is 2. The number of hydrogen-bond donors (Lipinski definition) is 3. The summed E-state index contributed by atoms with van der Waals surface area (Å²) in [5.41, 5.74) is 7.35. The van der Waals surface area contributed by atoms with Crippen LogP contribution in [0.1, 0.15) is 33.7 Å². The van der Waals surface area contributed by atoms with E-state index in [-0.39, 0.29) is 5.91 Å². The van der Waals surface area contributed by atoms with Crippen molar-refractivity contribution in [2.75, 3.05) is 16.0 Å². The summed E-state index contributed by atoms with van der Waals surface area (Å²) in [5.74, 6) is -0.217. The molecular formula is C28H26FN5O. The van der Waals surface area contributed by atoms with Crippen LogP contribution in [0, 0.1) is 6.92 Å². The molecule has 4 aromatic rings. The van der Waals surface area contributed by atoms with Gasteiger partial charge in [0.1, 0.15) is 6.17 Å². The van der Waals surface area contributed by atoms with Gasteiger partial charge in [0, 0.05) is 64.2 Å². The molecule has 1 aliphatic rings. The molecule has 1 amide bonds. The van der Waals surface area contributed by atoms with Gasteiger partial charge in [-0.2, -0.15) is 0 Å². The Morgan fingerprint density at radius 1 is 0.886 bits per heavy atom. The van der Waals surface area contributed by atoms with E-state index in [1.54, 1.807) is 24.5 Å². The minimum atomic E-state index is -0.850. The Labute approximate surface area is 203 Å². The van der Waals surface area contributed by atoms with Crippen molar-refractivity contribution in [3.05, 3.63) is 102 Å². The van der Waals surface area contributed by atoms with Gasteiger partial charge in [0.15, 0.2) is 0 Å². The van der Waals surface area contributed by atoms with E-state index in [4.69, 9.17) is 0 Å². The number of nitrogens with one attached hydrogen (secondary N) is 3. The predicted molar refractivity (Wildman–Crippen MR) is 138 cm³/mol. The number of benzene rings is 2. The summed E-state index contributed by atoms with van der Waals surface area (Å²) in [7, 11) is 0. The van der Waals surface area contributed by atoms with E-state index >= 15 is 0 Å². The zero-order valence-electron chi connectivity index (χ0n) is 19.4. The van der Waals surface area contributed by atoms with Crippen molar-refractivity contribution >= 4 is 34.3 Å². The Kier molecular flexibility index (Phi) is 6.39. The second-order valence-electron chi connectivity index (χ2n) is 8.68. The van der Waals surface area contributed by atoms with Crippen LogP contribution in [0.2, 0.25) is 0 Å². The minimum Gasteiger partial charge on any atom is -0.355 e. The summed E-state index contributed by atoms with van der Waals surface area (Å²) in [6, 6.07) is 20.5. The van der Waals surface area contributed by atoms with Crippen LogP contribution < -0.4 is 16.0 Å². The molecule has 5 rings (SSSR count). The van der Waals surface area contributed by atoms with E-state index < -0.39 is 6.17 Å². The van der Waals surface area contributed by atoms with E-state index in [1.165, 1.54) is 0 Å². The number of carbonyl (C=O) groups is 1. The van der Waals surface area contributed by atoms with E-state index in [2.05, 4.69) is 25.9 Å². The van der Waals surface area contributed by atoms with Crippen molar-refractivity contribution in [2.24, 2.45) is 0 Å². The van der Waals surface area contributed by atoms with Crippen LogP contribution in [0.3, 0.4) is 0 Å². The number of carbonyl (C=O) groups excluding carboxylic acids is 1. The smallest absolute Gasteiger partial charge is 0.255 e. The summed E-state index contributed by atoms with van der Waals surface area (Å²) >= 11 is 0. The SMILES string of the molecule is Cc1cc(Nc2cccc(NC(=O)c3cccc(Nc4ccnc5c4CC(F)CC5)c3)c2)ccn1. The third-order valence-electron chi connectivity index (χ3n) is 5.97. The normalized spacial score (nSPS) is 14.6. The number of fused-ring (bicyclic) bond motifs is 1. The van der Waals surface area contributed by atoms with E-state index in [0.29, 0.717) is 30.5 Å². The second kappa shape index (κ2) is 9.93. The highest BCUT2D eigenvalue weighted by atomic mass is 19.1. The van der Waals surface area contributed by atoms with Crippen LogP contribution in [0.25, 0.3) is 0 Å². The molecule has 2 aromatic carbocycles. The second-order valence-corrected chi connectivity index (χ2v) is 8.68. The average molecular weight is 468 g/mol. The first-order valence-corrected chi connectivity index (χ1v) is 11.6. The molecule has 35 heavy (non-hydrogen) atoms. The molecule has 1 aliphatic carbocycles. The van der Waals surface area contributed by atoms with Gasteiger partial charge in [0.05, 0.1) is 0 Å². The van der Waals surface area contributed by atoms with Gasteiger partial charge in [-0.1, -0.05) is 12.1 Å². The monoisotopic (exact) mass is 467 g/mol. The van der Waals surface area contributed by atoms with Crippen molar-refractivity contribution in [2.45, 2.75) is 32.4 Å². The van der Waals surface area contributed by atoms with Crippen molar-refractivity contribution in [3.63, 3.8) is 0 Å². The molecule has 7 heteroatoms. The number of halogens is 1. The lowest BCUT2D eigenvalue weighted by Crippen LogP contribution is -2.17. The van der Waals surface area contributed by atoms with E-state index in [9.17, 15) is 9.18 Å². The molecule has 0 bridgehead atoms. The van der Waals surface area contributed by atoms with Crippen LogP contribution in [0.4, 0.5) is 32.8 Å². The van der Waals surface area contributed by atoms with Gasteiger partial charge in [0.2, 0.25) is 0 Å². The van der Waals surface area contributed by atoms with E-state index in [1.807, 2.05) is 61.5 Å². The Bertz CT molecular complexity index is 1370. The first-order valence-electron chi connectivity index (χ1n) is 11.6. The maximum absolute atomic E-state index is 14.0. The van der Waals surface area contributed by atoms with Crippen LogP contribution in [-0.2, 0) is 12.8 Å². The highest BCUT2D eigenvalue weighted by molar-refractivity contribution is 6.05. The average Bonchev–Trinajstić information content (AvgIpc) is 2.85. The number of anilines is 5. The lowest BCUT2D eigenvalue weighted by Gasteiger charge is -2.21. The lowest BCUT2D eigenvalue weighted by molar-refractivity contribution is 0.102. The number of hydrogen-bond acceptors (Lipinski definition) is 5. The Balaban J connectivity index is 1.30. The number of alkyl halides is 1. The quantitative estimate of drug-likeness (QED) is 0.308. The zero-order chi connectivity index (χ0) is 24.2. The molecule has 6 nitrogen and oxygen atoms in total. The van der Waals surface area contributed by atoms with Crippen LogP contribution >= 0.6 is 0 Å². The molecular weight excluding hydrogens is 441 g/mol. The molecule has 0 aliphatic heterocycles. The molecule has 0 fully saturated rings. The Morgan fingerprint density at radius 3 is 2.49 bits per heavy atom. The van der Waals surface area contributed by atoms with Gasteiger partial charge in [0.25, 0.3) is 5.91 Å². The Hall–Kier alpha value is -4.26. The molecule has 1 unspecified atom stereocenters. The number of nitrogens with zero attached hydrogens (tertiary/aromatic N) is 2. The van der Waals surface area contributed by atoms with Gasteiger partial charge in [-0.05, 0) is 79.9 Å². The molecule has 0 saturated heterocycles. The van der Waals surface area contributed by atoms with Crippen molar-refractivity contribution < 1.29 is 9.18 Å². The maximum Gasteiger partial charge on any atom is 0.255 e. The fourth-order valence-corrected chi connectivity index (χ4v) is 4.27. The maximum atomic E-state index is 14.0. The summed E-state index contributed by atoms with van der Waals surface area (Å²) < 4.78 is 14.0. The molecule has 0 radical (unpaired) electrons. The van der Waals surface area contributed by atoms with Gasteiger partial charge in [-0.15, -0.1) is 0 Å². The van der Waals surface area contributed by atoms with Crippen molar-refractivity contribution in [3.8, 4) is 0 Å². The van der Waals surface area contributed by atoms with Gasteiger partial charge >= 0.3 is 0 Å². The van der Waals surface area contributed by atoms with Crippen LogP contribution in [0.15, 0.2) is 79.1 Å². The molecule has 3 N–H and O–H groups in total. The topological polar surface area (TPSA) is 78.9 Å². The van der Waals surface area contributed by atoms with E-state index in [0.717, 1.165) is 39.7 Å². The fourth-order valence-electron chi connectivity index (χ4n) is 4.27. The first-order chi connectivity index (χ1) is 17.0. The molecule has 2 heterocycles. The van der Waals surface area contributed by atoms with Gasteiger partial charge < -0.3 is 16.0 Å². The number of aryl methyl sites for hydroxylation is 2. The summed E-state index contributed by atoms with van der Waals surface area (Å²) in [5, 5.41) is 9.64. The molecule has 0 spiro atoms. The lowest BCUT2D eigenvalue weighted by atomic mass is 9.93. The standard InChI is InChI=1S/C28H26FN5O/c1-18-14-24(10-12-30-18)32-22-6-3-7-23(17-22)34-28(35)19-4-2-5-21(15-19)33-27-11-13-31-26-9-8-20(29)16-25(26)27/h2-7,10-15,17,20H,8-9,16H2,1H3,(H,30,32)(H,31,33)(H,34,35). The first kappa shape index (κ1) is 22.5. The summed E-state index contributed by atoms with van der Waals surface area (Å²) in [6.07, 6.45) is 4.15. The molecule has 0 saturated carbocycles. The highest BCUT2D eigenvalue weighted by Gasteiger charge is 2.21. The molecule has 176 valence electrons. The Morgan fingerprint density at radius 2 is 1.63 bits per heavy atom. The minimum absolute atomic E-state index is 0.217. The molecule has 2 aromatic heterocycles. The fraction of sp³-hybridized carbons (Fsp3) is 0.179. The summed E-state index contributed by atoms with van der Waals surface area (Å²) in [4.78, 5) is 21.6. The third kappa shape index (κ3) is 5.46.